The molecule has 1 amide bonds. The highest BCUT2D eigenvalue weighted by atomic mass is 16.5. The van der Waals surface area contributed by atoms with Crippen molar-refractivity contribution in [3.05, 3.63) is 35.9 Å². The van der Waals surface area contributed by atoms with Gasteiger partial charge in [-0.1, -0.05) is 96.0 Å². The molecule has 26 heavy (non-hydrogen) atoms. The molecule has 1 unspecified atom stereocenters. The summed E-state index contributed by atoms with van der Waals surface area (Å²) >= 11 is 0. The van der Waals surface area contributed by atoms with Crippen molar-refractivity contribution >= 4 is 6.09 Å². The molecule has 0 saturated carbocycles. The minimum absolute atomic E-state index is 0.203. The van der Waals surface area contributed by atoms with Gasteiger partial charge in [-0.2, -0.15) is 0 Å². The van der Waals surface area contributed by atoms with E-state index in [9.17, 15) is 9.90 Å². The molecule has 0 aliphatic heterocycles. The minimum Gasteiger partial charge on any atom is -0.445 e. The number of rotatable bonds is 13. The fourth-order valence-corrected chi connectivity index (χ4v) is 3.09. The van der Waals surface area contributed by atoms with E-state index in [1.807, 2.05) is 30.3 Å². The third-order valence-electron chi connectivity index (χ3n) is 5.02. The predicted molar refractivity (Wildman–Crippen MR) is 107 cm³/mol. The van der Waals surface area contributed by atoms with Crippen molar-refractivity contribution in [1.29, 1.82) is 0 Å². The lowest BCUT2D eigenvalue weighted by atomic mass is 9.91. The van der Waals surface area contributed by atoms with Crippen LogP contribution in [0.4, 0.5) is 4.79 Å². The second-order valence-corrected chi connectivity index (χ2v) is 7.24. The summed E-state index contributed by atoms with van der Waals surface area (Å²) in [7, 11) is 0. The number of alkyl carbamates (subject to hydrolysis) is 1. The number of amides is 1. The maximum Gasteiger partial charge on any atom is 0.407 e. The summed E-state index contributed by atoms with van der Waals surface area (Å²) in [4.78, 5) is 12.2. The summed E-state index contributed by atoms with van der Waals surface area (Å²) in [5.74, 6) is 0.203. The summed E-state index contributed by atoms with van der Waals surface area (Å²) in [6, 6.07) is 9.35. The Bertz CT molecular complexity index is 478. The van der Waals surface area contributed by atoms with Crippen molar-refractivity contribution in [2.45, 2.75) is 90.9 Å². The quantitative estimate of drug-likeness (QED) is 0.459. The first-order valence-corrected chi connectivity index (χ1v) is 10.2. The minimum atomic E-state index is -0.527. The van der Waals surface area contributed by atoms with E-state index in [0.717, 1.165) is 31.2 Å². The van der Waals surface area contributed by atoms with Gasteiger partial charge in [-0.15, -0.1) is 0 Å². The zero-order valence-electron chi connectivity index (χ0n) is 16.7. The largest absolute Gasteiger partial charge is 0.445 e. The number of nitrogens with one attached hydrogen (secondary N) is 1. The normalized spacial score (nSPS) is 14.5. The van der Waals surface area contributed by atoms with Gasteiger partial charge in [0.1, 0.15) is 6.61 Å². The van der Waals surface area contributed by atoms with Crippen LogP contribution < -0.4 is 5.32 Å². The Morgan fingerprint density at radius 2 is 1.73 bits per heavy atom. The number of carbonyl (C=O) groups is 1. The van der Waals surface area contributed by atoms with Gasteiger partial charge < -0.3 is 15.2 Å². The molecule has 1 aromatic carbocycles. The van der Waals surface area contributed by atoms with Gasteiger partial charge in [0.25, 0.3) is 0 Å². The summed E-state index contributed by atoms with van der Waals surface area (Å²) in [5.41, 5.74) is 0.954. The standard InChI is InChI=1S/C22H37NO3/c1-4-6-7-8-9-13-16-20(24)21(18(3)5-2)23-22(25)26-17-19-14-11-10-12-15-19/h10-12,14-15,18,20-21,24H,4-9,13,16-17H2,1-3H3,(H,23,25)/t18?,20-,21-/m0/s1. The highest BCUT2D eigenvalue weighted by molar-refractivity contribution is 5.67. The Kier molecular flexibility index (Phi) is 11.8. The first kappa shape index (κ1) is 22.5. The van der Waals surface area contributed by atoms with E-state index in [2.05, 4.69) is 26.1 Å². The van der Waals surface area contributed by atoms with Gasteiger partial charge in [-0.05, 0) is 17.9 Å². The van der Waals surface area contributed by atoms with Crippen molar-refractivity contribution in [3.63, 3.8) is 0 Å². The van der Waals surface area contributed by atoms with Crippen molar-refractivity contribution < 1.29 is 14.6 Å². The van der Waals surface area contributed by atoms with Crippen LogP contribution >= 0.6 is 0 Å². The Morgan fingerprint density at radius 3 is 2.38 bits per heavy atom. The summed E-state index contributed by atoms with van der Waals surface area (Å²) < 4.78 is 5.31. The molecular formula is C22H37NO3. The maximum atomic E-state index is 12.2. The molecule has 0 saturated heterocycles. The fraction of sp³-hybridized carbons (Fsp3) is 0.682. The molecule has 2 N–H and O–H groups in total. The molecule has 1 rings (SSSR count). The Hall–Kier alpha value is -1.55. The Morgan fingerprint density at radius 1 is 1.08 bits per heavy atom. The van der Waals surface area contributed by atoms with Crippen LogP contribution in [0.25, 0.3) is 0 Å². The van der Waals surface area contributed by atoms with Crippen molar-refractivity contribution in [2.75, 3.05) is 0 Å². The van der Waals surface area contributed by atoms with Crippen LogP contribution in [0.5, 0.6) is 0 Å². The lowest BCUT2D eigenvalue weighted by Gasteiger charge is -2.28. The molecule has 148 valence electrons. The van der Waals surface area contributed by atoms with Gasteiger partial charge in [0.05, 0.1) is 12.1 Å². The molecule has 0 aliphatic rings. The number of benzene rings is 1. The molecule has 0 heterocycles. The van der Waals surface area contributed by atoms with Crippen LogP contribution in [0.2, 0.25) is 0 Å². The van der Waals surface area contributed by atoms with E-state index in [1.54, 1.807) is 0 Å². The number of carbonyl (C=O) groups excluding carboxylic acids is 1. The SMILES string of the molecule is CCCCCCCC[C@H](O)[C@@H](NC(=O)OCc1ccccc1)C(C)CC. The topological polar surface area (TPSA) is 58.6 Å². The highest BCUT2D eigenvalue weighted by Gasteiger charge is 2.26. The van der Waals surface area contributed by atoms with Gasteiger partial charge in [0.15, 0.2) is 0 Å². The molecule has 0 aromatic heterocycles. The zero-order valence-corrected chi connectivity index (χ0v) is 16.7. The van der Waals surface area contributed by atoms with Gasteiger partial charge in [0.2, 0.25) is 0 Å². The van der Waals surface area contributed by atoms with E-state index < -0.39 is 12.2 Å². The molecule has 0 aliphatic carbocycles. The van der Waals surface area contributed by atoms with Crippen LogP contribution in [0.15, 0.2) is 30.3 Å². The smallest absolute Gasteiger partial charge is 0.407 e. The third-order valence-corrected chi connectivity index (χ3v) is 5.02. The van der Waals surface area contributed by atoms with Crippen LogP contribution in [-0.4, -0.2) is 23.3 Å². The van der Waals surface area contributed by atoms with Crippen molar-refractivity contribution in [2.24, 2.45) is 5.92 Å². The lowest BCUT2D eigenvalue weighted by Crippen LogP contribution is -2.47. The number of hydrogen-bond acceptors (Lipinski definition) is 3. The molecule has 0 radical (unpaired) electrons. The highest BCUT2D eigenvalue weighted by Crippen LogP contribution is 2.17. The number of unbranched alkanes of at least 4 members (excludes halogenated alkanes) is 5. The second-order valence-electron chi connectivity index (χ2n) is 7.24. The zero-order chi connectivity index (χ0) is 19.2. The Labute approximate surface area is 159 Å². The predicted octanol–water partition coefficient (Wildman–Crippen LogP) is 5.44. The van der Waals surface area contributed by atoms with Crippen LogP contribution in [0, 0.1) is 5.92 Å². The summed E-state index contributed by atoms with van der Waals surface area (Å²) in [6.07, 6.45) is 7.80. The number of hydrogen-bond donors (Lipinski definition) is 2. The van der Waals surface area contributed by atoms with Crippen molar-refractivity contribution in [1.82, 2.24) is 5.32 Å². The molecule has 0 fully saturated rings. The van der Waals surface area contributed by atoms with Gasteiger partial charge in [-0.3, -0.25) is 0 Å². The first-order chi connectivity index (χ1) is 12.6. The fourth-order valence-electron chi connectivity index (χ4n) is 3.09. The van der Waals surface area contributed by atoms with E-state index in [4.69, 9.17) is 4.74 Å². The first-order valence-electron chi connectivity index (χ1n) is 10.2. The van der Waals surface area contributed by atoms with Crippen LogP contribution in [-0.2, 0) is 11.3 Å². The number of ether oxygens (including phenoxy) is 1. The van der Waals surface area contributed by atoms with Crippen LogP contribution in [0.1, 0.15) is 77.7 Å². The molecule has 0 spiro atoms. The summed E-state index contributed by atoms with van der Waals surface area (Å²) in [6.45, 7) is 6.59. The molecule has 1 aromatic rings. The third kappa shape index (κ3) is 9.23. The molecular weight excluding hydrogens is 326 g/mol. The number of aliphatic hydroxyl groups excluding tert-OH is 1. The summed E-state index contributed by atoms with van der Waals surface area (Å²) in [5, 5.41) is 13.5. The second kappa shape index (κ2) is 13.6. The number of aliphatic hydroxyl groups is 1. The van der Waals surface area contributed by atoms with E-state index in [-0.39, 0.29) is 18.6 Å². The molecule has 4 heteroatoms. The molecule has 0 bridgehead atoms. The van der Waals surface area contributed by atoms with Crippen molar-refractivity contribution in [3.8, 4) is 0 Å². The Balaban J connectivity index is 2.40. The monoisotopic (exact) mass is 363 g/mol. The van der Waals surface area contributed by atoms with Crippen LogP contribution in [0.3, 0.4) is 0 Å². The average Bonchev–Trinajstić information content (AvgIpc) is 2.67. The van der Waals surface area contributed by atoms with Gasteiger partial charge in [-0.25, -0.2) is 4.79 Å². The lowest BCUT2D eigenvalue weighted by molar-refractivity contribution is 0.0755. The maximum absolute atomic E-state index is 12.2. The van der Waals surface area contributed by atoms with E-state index in [1.165, 1.54) is 25.7 Å². The van der Waals surface area contributed by atoms with Gasteiger partial charge >= 0.3 is 6.09 Å². The van der Waals surface area contributed by atoms with Gasteiger partial charge in [0, 0.05) is 0 Å². The average molecular weight is 364 g/mol. The van der Waals surface area contributed by atoms with E-state index >= 15 is 0 Å². The molecule has 4 nitrogen and oxygen atoms in total. The van der Waals surface area contributed by atoms with E-state index in [0.29, 0.717) is 0 Å². The molecule has 3 atom stereocenters.